The van der Waals surface area contributed by atoms with Crippen LogP contribution in [0.15, 0.2) is 83.8 Å². The van der Waals surface area contributed by atoms with Gasteiger partial charge in [-0.15, -0.1) is 0 Å². The van der Waals surface area contributed by atoms with Crippen molar-refractivity contribution in [2.24, 2.45) is 0 Å². The number of anilines is 2. The maximum atomic E-state index is 13.8. The van der Waals surface area contributed by atoms with Crippen LogP contribution in [0.5, 0.6) is 0 Å². The molecule has 1 aliphatic rings. The Morgan fingerprint density at radius 3 is 2.48 bits per heavy atom. The van der Waals surface area contributed by atoms with Gasteiger partial charge in [-0.25, -0.2) is 13.2 Å². The predicted octanol–water partition coefficient (Wildman–Crippen LogP) is 5.23. The molecule has 0 aliphatic carbocycles. The highest BCUT2D eigenvalue weighted by molar-refractivity contribution is 7.92. The normalized spacial score (nSPS) is 14.9. The molecule has 1 atom stereocenters. The lowest BCUT2D eigenvalue weighted by atomic mass is 10.2. The van der Waals surface area contributed by atoms with Crippen LogP contribution in [0.3, 0.4) is 0 Å². The van der Waals surface area contributed by atoms with E-state index >= 15 is 0 Å². The fourth-order valence-corrected chi connectivity index (χ4v) is 6.14. The second-order valence-electron chi connectivity index (χ2n) is 9.94. The first-order valence-corrected chi connectivity index (χ1v) is 15.2. The predicted molar refractivity (Wildman–Crippen MR) is 159 cm³/mol. The van der Waals surface area contributed by atoms with Gasteiger partial charge in [0, 0.05) is 17.3 Å². The molecule has 3 aromatic rings. The summed E-state index contributed by atoms with van der Waals surface area (Å²) in [7, 11) is -4.30. The molecule has 1 saturated heterocycles. The van der Waals surface area contributed by atoms with Gasteiger partial charge >= 0.3 is 12.1 Å². The highest BCUT2D eigenvalue weighted by Gasteiger charge is 2.35. The van der Waals surface area contributed by atoms with Crippen molar-refractivity contribution in [3.05, 3.63) is 89.4 Å². The van der Waals surface area contributed by atoms with Crippen LogP contribution in [0, 0.1) is 0 Å². The highest BCUT2D eigenvalue weighted by atomic mass is 35.5. The van der Waals surface area contributed by atoms with E-state index in [0.29, 0.717) is 19.4 Å². The average molecular weight is 614 g/mol. The number of carbonyl (C=O) groups excluding carboxylic acids is 3. The Labute approximate surface area is 250 Å². The van der Waals surface area contributed by atoms with E-state index in [9.17, 15) is 22.8 Å². The molecule has 1 N–H and O–H groups in total. The third-order valence-electron chi connectivity index (χ3n) is 6.42. The topological polar surface area (TPSA) is 122 Å². The van der Waals surface area contributed by atoms with Crippen molar-refractivity contribution in [3.63, 3.8) is 0 Å². The van der Waals surface area contributed by atoms with E-state index < -0.39 is 46.7 Å². The number of rotatable bonds is 10. The van der Waals surface area contributed by atoms with E-state index in [1.807, 2.05) is 30.3 Å². The number of sulfonamides is 1. The number of esters is 1. The lowest BCUT2D eigenvalue weighted by Crippen LogP contribution is -2.43. The Balaban J connectivity index is 1.50. The minimum Gasteiger partial charge on any atom is -0.462 e. The number of benzene rings is 3. The van der Waals surface area contributed by atoms with Gasteiger partial charge in [-0.1, -0.05) is 54.1 Å². The van der Waals surface area contributed by atoms with Gasteiger partial charge in [0.15, 0.2) is 0 Å². The van der Waals surface area contributed by atoms with Gasteiger partial charge in [-0.2, -0.15) is 0 Å². The van der Waals surface area contributed by atoms with Gasteiger partial charge in [-0.05, 0) is 68.7 Å². The molecule has 222 valence electrons. The van der Waals surface area contributed by atoms with Crippen LogP contribution in [0.4, 0.5) is 16.2 Å². The molecule has 0 spiro atoms. The zero-order valence-electron chi connectivity index (χ0n) is 23.2. The van der Waals surface area contributed by atoms with Gasteiger partial charge in [-0.3, -0.25) is 18.8 Å². The van der Waals surface area contributed by atoms with Crippen molar-refractivity contribution >= 4 is 51.0 Å². The summed E-state index contributed by atoms with van der Waals surface area (Å²) in [6, 6.07) is 20.2. The van der Waals surface area contributed by atoms with E-state index in [0.717, 1.165) is 9.87 Å². The first-order valence-electron chi connectivity index (χ1n) is 13.4. The molecule has 0 aromatic heterocycles. The van der Waals surface area contributed by atoms with Crippen molar-refractivity contribution in [3.8, 4) is 0 Å². The molecule has 3 aromatic carbocycles. The number of ether oxygens (including phenoxy) is 2. The molecule has 2 amide bonds. The fraction of sp³-hybridized carbons (Fsp3) is 0.300. The van der Waals surface area contributed by atoms with Crippen molar-refractivity contribution in [2.45, 2.75) is 50.3 Å². The first-order chi connectivity index (χ1) is 20.0. The SMILES string of the molecule is CC(C)OC(=O)CN(c1cccc(Cl)c1)S(=O)(=O)c1cccc(NC(=O)[C@@H]2CCCN2C(=O)OCc2ccccc2)c1. The molecular formula is C30H32ClN3O7S. The van der Waals surface area contributed by atoms with Crippen molar-refractivity contribution in [1.82, 2.24) is 4.90 Å². The van der Waals surface area contributed by atoms with Gasteiger partial charge in [0.2, 0.25) is 5.91 Å². The lowest BCUT2D eigenvalue weighted by molar-refractivity contribution is -0.145. The lowest BCUT2D eigenvalue weighted by Gasteiger charge is -2.25. The molecule has 0 radical (unpaired) electrons. The van der Waals surface area contributed by atoms with Crippen molar-refractivity contribution < 1.29 is 32.3 Å². The summed E-state index contributed by atoms with van der Waals surface area (Å²) in [5, 5.41) is 3.01. The van der Waals surface area contributed by atoms with Gasteiger partial charge in [0.05, 0.1) is 16.7 Å². The average Bonchev–Trinajstić information content (AvgIpc) is 3.45. The summed E-state index contributed by atoms with van der Waals surface area (Å²) in [5.41, 5.74) is 1.21. The second kappa shape index (κ2) is 13.7. The Morgan fingerprint density at radius 1 is 1.02 bits per heavy atom. The fourth-order valence-electron chi connectivity index (χ4n) is 4.51. The summed E-state index contributed by atoms with van der Waals surface area (Å²) >= 11 is 6.11. The molecule has 12 heteroatoms. The number of hydrogen-bond acceptors (Lipinski definition) is 7. The van der Waals surface area contributed by atoms with E-state index in [2.05, 4.69) is 5.32 Å². The van der Waals surface area contributed by atoms with Gasteiger partial charge in [0.1, 0.15) is 19.2 Å². The van der Waals surface area contributed by atoms with E-state index in [1.165, 1.54) is 35.2 Å². The van der Waals surface area contributed by atoms with Crippen LogP contribution in [-0.4, -0.2) is 56.5 Å². The monoisotopic (exact) mass is 613 g/mol. The maximum Gasteiger partial charge on any atom is 0.410 e. The summed E-state index contributed by atoms with van der Waals surface area (Å²) in [4.78, 5) is 39.7. The summed E-state index contributed by atoms with van der Waals surface area (Å²) in [6.45, 7) is 3.19. The number of carbonyl (C=O) groups is 3. The Morgan fingerprint density at radius 2 is 1.76 bits per heavy atom. The van der Waals surface area contributed by atoms with Crippen LogP contribution in [0.1, 0.15) is 32.3 Å². The molecule has 0 bridgehead atoms. The van der Waals surface area contributed by atoms with E-state index in [1.54, 1.807) is 32.0 Å². The van der Waals surface area contributed by atoms with Crippen molar-refractivity contribution in [2.75, 3.05) is 22.7 Å². The molecule has 42 heavy (non-hydrogen) atoms. The van der Waals surface area contributed by atoms with Crippen LogP contribution >= 0.6 is 11.6 Å². The first kappa shape index (κ1) is 30.9. The number of nitrogens with one attached hydrogen (secondary N) is 1. The molecule has 1 fully saturated rings. The number of likely N-dealkylation sites (tertiary alicyclic amines) is 1. The van der Waals surface area contributed by atoms with Crippen molar-refractivity contribution in [1.29, 1.82) is 0 Å². The Kier molecular flexibility index (Phi) is 10.1. The number of hydrogen-bond donors (Lipinski definition) is 1. The summed E-state index contributed by atoms with van der Waals surface area (Å²) < 4.78 is 39.1. The number of halogens is 1. The standard InChI is InChI=1S/C30H32ClN3O7S/c1-21(2)41-28(35)19-34(25-13-6-11-23(31)17-25)42(38,39)26-14-7-12-24(18-26)32-29(36)27-15-8-16-33(27)30(37)40-20-22-9-4-3-5-10-22/h3-7,9-14,17-18,21,27H,8,15-16,19-20H2,1-2H3,(H,32,36)/t27-/m0/s1. The summed E-state index contributed by atoms with van der Waals surface area (Å²) in [6.07, 6.45) is 0.0164. The third kappa shape index (κ3) is 7.80. The van der Waals surface area contributed by atoms with E-state index in [-0.39, 0.29) is 27.9 Å². The van der Waals surface area contributed by atoms with Crippen LogP contribution in [-0.2, 0) is 35.7 Å². The molecule has 1 heterocycles. The van der Waals surface area contributed by atoms with E-state index in [4.69, 9.17) is 21.1 Å². The molecule has 0 unspecified atom stereocenters. The number of amides is 2. The smallest absolute Gasteiger partial charge is 0.410 e. The molecular weight excluding hydrogens is 582 g/mol. The summed E-state index contributed by atoms with van der Waals surface area (Å²) in [5.74, 6) is -1.20. The van der Waals surface area contributed by atoms with Gasteiger partial charge < -0.3 is 14.8 Å². The zero-order valence-corrected chi connectivity index (χ0v) is 24.8. The zero-order chi connectivity index (χ0) is 30.3. The van der Waals surface area contributed by atoms with Crippen LogP contribution < -0.4 is 9.62 Å². The Hall–Kier alpha value is -4.09. The molecule has 1 aliphatic heterocycles. The highest BCUT2D eigenvalue weighted by Crippen LogP contribution is 2.28. The number of nitrogens with zero attached hydrogens (tertiary/aromatic N) is 2. The largest absolute Gasteiger partial charge is 0.462 e. The molecule has 10 nitrogen and oxygen atoms in total. The van der Waals surface area contributed by atoms with Crippen LogP contribution in [0.25, 0.3) is 0 Å². The van der Waals surface area contributed by atoms with Crippen LogP contribution in [0.2, 0.25) is 5.02 Å². The molecule has 0 saturated carbocycles. The maximum absolute atomic E-state index is 13.8. The second-order valence-corrected chi connectivity index (χ2v) is 12.2. The molecule has 4 rings (SSSR count). The minimum absolute atomic E-state index is 0.0816. The van der Waals surface area contributed by atoms with Gasteiger partial charge in [0.25, 0.3) is 10.0 Å². The third-order valence-corrected chi connectivity index (χ3v) is 8.43. The quantitative estimate of drug-likeness (QED) is 0.311. The Bertz CT molecular complexity index is 1530. The minimum atomic E-state index is -4.30.